The summed E-state index contributed by atoms with van der Waals surface area (Å²) < 4.78 is 0. The number of carboxylic acids is 1. The Hall–Kier alpha value is -1.01. The molecule has 0 atom stereocenters. The van der Waals surface area contributed by atoms with Crippen LogP contribution in [0.4, 0.5) is 0 Å². The van der Waals surface area contributed by atoms with Gasteiger partial charge in [0.15, 0.2) is 0 Å². The smallest absolute Gasteiger partial charge is 0.317 e. The van der Waals surface area contributed by atoms with Crippen molar-refractivity contribution in [1.82, 2.24) is 4.90 Å². The fraction of sp³-hybridized carbons (Fsp3) is 0.727. The first kappa shape index (κ1) is 13.0. The fourth-order valence-electron chi connectivity index (χ4n) is 1.13. The van der Waals surface area contributed by atoms with Crippen LogP contribution >= 0.6 is 0 Å². The number of nitrogens with zero attached hydrogens (tertiary/aromatic N) is 1. The van der Waals surface area contributed by atoms with Crippen LogP contribution in [-0.2, 0) is 4.79 Å². The third kappa shape index (κ3) is 5.60. The van der Waals surface area contributed by atoms with E-state index in [1.54, 1.807) is 6.92 Å². The lowest BCUT2D eigenvalue weighted by molar-refractivity contribution is -0.139. The van der Waals surface area contributed by atoms with Gasteiger partial charge in [0.2, 0.25) is 0 Å². The Morgan fingerprint density at radius 2 is 2.00 bits per heavy atom. The van der Waals surface area contributed by atoms with Gasteiger partial charge in [-0.05, 0) is 27.7 Å². The van der Waals surface area contributed by atoms with Gasteiger partial charge in [-0.3, -0.25) is 9.69 Å². The molecule has 0 radical (unpaired) electrons. The van der Waals surface area contributed by atoms with E-state index in [4.69, 9.17) is 5.11 Å². The maximum atomic E-state index is 10.6. The van der Waals surface area contributed by atoms with E-state index in [0.29, 0.717) is 6.54 Å². The number of carboxylic acid groups (broad SMARTS) is 1. The molecule has 3 heteroatoms. The first-order valence-electron chi connectivity index (χ1n) is 4.74. The van der Waals surface area contributed by atoms with Gasteiger partial charge in [-0.1, -0.05) is 0 Å². The molecule has 0 bridgehead atoms. The Bertz CT molecular complexity index is 242. The topological polar surface area (TPSA) is 40.5 Å². The van der Waals surface area contributed by atoms with Gasteiger partial charge < -0.3 is 5.11 Å². The number of rotatable bonds is 4. The summed E-state index contributed by atoms with van der Waals surface area (Å²) in [4.78, 5) is 12.5. The van der Waals surface area contributed by atoms with Gasteiger partial charge in [0.05, 0.1) is 6.54 Å². The van der Waals surface area contributed by atoms with E-state index in [1.165, 1.54) is 0 Å². The summed E-state index contributed by atoms with van der Waals surface area (Å²) in [7, 11) is 0. The summed E-state index contributed by atoms with van der Waals surface area (Å²) >= 11 is 0. The number of aliphatic carboxylic acids is 1. The maximum absolute atomic E-state index is 10.6. The van der Waals surface area contributed by atoms with Crippen LogP contribution in [-0.4, -0.2) is 34.6 Å². The Labute approximate surface area is 86.1 Å². The van der Waals surface area contributed by atoms with Gasteiger partial charge >= 0.3 is 5.97 Å². The highest BCUT2D eigenvalue weighted by atomic mass is 16.4. The van der Waals surface area contributed by atoms with Gasteiger partial charge in [0, 0.05) is 18.5 Å². The first-order chi connectivity index (χ1) is 6.38. The van der Waals surface area contributed by atoms with Gasteiger partial charge in [-0.2, -0.15) is 0 Å². The minimum atomic E-state index is -0.788. The van der Waals surface area contributed by atoms with E-state index in [2.05, 4.69) is 11.8 Å². The average molecular weight is 197 g/mol. The molecule has 1 N–H and O–H groups in total. The predicted octanol–water partition coefficient (Wildman–Crippen LogP) is 1.58. The fourth-order valence-corrected chi connectivity index (χ4v) is 1.13. The van der Waals surface area contributed by atoms with Gasteiger partial charge in [0.1, 0.15) is 0 Å². The number of hydrogen-bond acceptors (Lipinski definition) is 2. The zero-order chi connectivity index (χ0) is 11.2. The Morgan fingerprint density at radius 3 is 2.36 bits per heavy atom. The zero-order valence-electron chi connectivity index (χ0n) is 9.42. The monoisotopic (exact) mass is 197 g/mol. The van der Waals surface area contributed by atoms with Crippen molar-refractivity contribution in [2.75, 3.05) is 13.1 Å². The standard InChI is InChI=1S/C11H19NO2/c1-5-6-7-8-12(9-10(13)14)11(2,3)4/h7-9H2,1-4H3,(H,13,14). The van der Waals surface area contributed by atoms with Crippen LogP contribution in [0.5, 0.6) is 0 Å². The largest absolute Gasteiger partial charge is 0.480 e. The van der Waals surface area contributed by atoms with Crippen LogP contribution in [0.3, 0.4) is 0 Å². The van der Waals surface area contributed by atoms with E-state index < -0.39 is 5.97 Å². The molecule has 0 heterocycles. The molecule has 0 aromatic rings. The van der Waals surface area contributed by atoms with Crippen LogP contribution < -0.4 is 0 Å². The Balaban J connectivity index is 4.23. The van der Waals surface area contributed by atoms with Crippen LogP contribution in [0.1, 0.15) is 34.1 Å². The second-order valence-corrected chi connectivity index (χ2v) is 4.16. The highest BCUT2D eigenvalue weighted by Crippen LogP contribution is 2.12. The number of hydrogen-bond donors (Lipinski definition) is 1. The van der Waals surface area contributed by atoms with Crippen molar-refractivity contribution in [1.29, 1.82) is 0 Å². The summed E-state index contributed by atoms with van der Waals surface area (Å²) in [6.45, 7) is 8.60. The third-order valence-corrected chi connectivity index (χ3v) is 1.96. The second kappa shape index (κ2) is 5.66. The highest BCUT2D eigenvalue weighted by molar-refractivity contribution is 5.69. The van der Waals surface area contributed by atoms with E-state index in [9.17, 15) is 4.79 Å². The van der Waals surface area contributed by atoms with Crippen molar-refractivity contribution in [2.45, 2.75) is 39.7 Å². The summed E-state index contributed by atoms with van der Waals surface area (Å²) in [5.41, 5.74) is -0.117. The molecule has 0 aromatic carbocycles. The molecular weight excluding hydrogens is 178 g/mol. The number of carbonyl (C=O) groups is 1. The lowest BCUT2D eigenvalue weighted by atomic mass is 10.1. The van der Waals surface area contributed by atoms with E-state index in [1.807, 2.05) is 25.7 Å². The second-order valence-electron chi connectivity index (χ2n) is 4.16. The van der Waals surface area contributed by atoms with Crippen molar-refractivity contribution < 1.29 is 9.90 Å². The molecular formula is C11H19NO2. The molecule has 0 aliphatic rings. The normalized spacial score (nSPS) is 10.9. The van der Waals surface area contributed by atoms with E-state index >= 15 is 0 Å². The molecule has 0 saturated carbocycles. The van der Waals surface area contributed by atoms with Crippen LogP contribution in [0.2, 0.25) is 0 Å². The summed E-state index contributed by atoms with van der Waals surface area (Å²) in [6, 6.07) is 0. The maximum Gasteiger partial charge on any atom is 0.317 e. The minimum Gasteiger partial charge on any atom is -0.480 e. The SMILES string of the molecule is CC#CCCN(CC(=O)O)C(C)(C)C. The Morgan fingerprint density at radius 1 is 1.43 bits per heavy atom. The predicted molar refractivity (Wildman–Crippen MR) is 57.0 cm³/mol. The van der Waals surface area contributed by atoms with Crippen molar-refractivity contribution in [3.05, 3.63) is 0 Å². The summed E-state index contributed by atoms with van der Waals surface area (Å²) in [5, 5.41) is 8.73. The van der Waals surface area contributed by atoms with E-state index in [-0.39, 0.29) is 12.1 Å². The molecule has 0 rings (SSSR count). The van der Waals surface area contributed by atoms with Crippen molar-refractivity contribution >= 4 is 5.97 Å². The highest BCUT2D eigenvalue weighted by Gasteiger charge is 2.22. The molecule has 80 valence electrons. The van der Waals surface area contributed by atoms with Crippen molar-refractivity contribution in [2.24, 2.45) is 0 Å². The van der Waals surface area contributed by atoms with Gasteiger partial charge in [0.25, 0.3) is 0 Å². The molecule has 0 unspecified atom stereocenters. The molecule has 0 fully saturated rings. The lowest BCUT2D eigenvalue weighted by Crippen LogP contribution is -2.44. The zero-order valence-corrected chi connectivity index (χ0v) is 9.42. The minimum absolute atomic E-state index is 0.0783. The van der Waals surface area contributed by atoms with Crippen molar-refractivity contribution in [3.8, 4) is 11.8 Å². The molecule has 0 aromatic heterocycles. The van der Waals surface area contributed by atoms with Crippen LogP contribution in [0, 0.1) is 11.8 Å². The van der Waals surface area contributed by atoms with Gasteiger partial charge in [-0.15, -0.1) is 11.8 Å². The Kier molecular flexibility index (Phi) is 5.26. The molecule has 14 heavy (non-hydrogen) atoms. The molecule has 0 aliphatic carbocycles. The molecule has 0 spiro atoms. The van der Waals surface area contributed by atoms with Crippen LogP contribution in [0.25, 0.3) is 0 Å². The lowest BCUT2D eigenvalue weighted by Gasteiger charge is -2.33. The average Bonchev–Trinajstić information content (AvgIpc) is 2.00. The molecule has 0 saturated heterocycles. The molecule has 3 nitrogen and oxygen atoms in total. The first-order valence-corrected chi connectivity index (χ1v) is 4.74. The van der Waals surface area contributed by atoms with Crippen molar-refractivity contribution in [3.63, 3.8) is 0 Å². The van der Waals surface area contributed by atoms with Gasteiger partial charge in [-0.25, -0.2) is 0 Å². The molecule has 0 aliphatic heterocycles. The summed E-state index contributed by atoms with van der Waals surface area (Å²) in [6.07, 6.45) is 0.723. The third-order valence-electron chi connectivity index (χ3n) is 1.96. The van der Waals surface area contributed by atoms with E-state index in [0.717, 1.165) is 6.42 Å². The quantitative estimate of drug-likeness (QED) is 0.696. The summed E-state index contributed by atoms with van der Waals surface area (Å²) in [5.74, 6) is 4.96. The van der Waals surface area contributed by atoms with Crippen LogP contribution in [0.15, 0.2) is 0 Å². The molecule has 0 amide bonds.